The molecule has 2 aromatic carbocycles. The van der Waals surface area contributed by atoms with E-state index < -0.39 is 17.4 Å². The summed E-state index contributed by atoms with van der Waals surface area (Å²) in [6, 6.07) is 14.2. The lowest BCUT2D eigenvalue weighted by Gasteiger charge is -2.12. The van der Waals surface area contributed by atoms with Crippen molar-refractivity contribution in [1.82, 2.24) is 18.7 Å². The minimum atomic E-state index is -0.758. The summed E-state index contributed by atoms with van der Waals surface area (Å²) in [4.78, 5) is 30.5. The van der Waals surface area contributed by atoms with E-state index in [4.69, 9.17) is 23.2 Å². The number of hydrogen-bond donors (Lipinski definition) is 2. The summed E-state index contributed by atoms with van der Waals surface area (Å²) >= 11 is 12.0. The van der Waals surface area contributed by atoms with Crippen molar-refractivity contribution >= 4 is 40.3 Å². The topological polar surface area (TPSA) is 94.1 Å². The second-order valence-electron chi connectivity index (χ2n) is 7.46. The molecule has 0 saturated heterocycles. The summed E-state index contributed by atoms with van der Waals surface area (Å²) in [6.45, 7) is 0.228. The maximum absolute atomic E-state index is 13.2. The Morgan fingerprint density at radius 3 is 2.44 bits per heavy atom. The molecule has 2 heterocycles. The van der Waals surface area contributed by atoms with Gasteiger partial charge in [-0.25, -0.2) is 4.79 Å². The fraction of sp³-hybridized carbons (Fsp3) is 0.227. The van der Waals surface area contributed by atoms with Crippen LogP contribution in [0.15, 0.2) is 58.1 Å². The SMILES string of the molecule is Cn1c(NCC(O)c2ccccc2)nc2c1c(=O)n(Cc1ccc(Cl)c(Cl)c1)c(=O)n2C. The Hall–Kier alpha value is -3.07. The molecule has 2 N–H and O–H groups in total. The van der Waals surface area contributed by atoms with Crippen LogP contribution in [0, 0.1) is 0 Å². The molecule has 0 radical (unpaired) electrons. The van der Waals surface area contributed by atoms with Crippen molar-refractivity contribution in [1.29, 1.82) is 0 Å². The number of nitrogens with one attached hydrogen (secondary N) is 1. The summed E-state index contributed by atoms with van der Waals surface area (Å²) in [6.07, 6.45) is -0.758. The Bertz CT molecular complexity index is 1410. The van der Waals surface area contributed by atoms with E-state index in [0.29, 0.717) is 21.6 Å². The van der Waals surface area contributed by atoms with E-state index in [-0.39, 0.29) is 24.3 Å². The summed E-state index contributed by atoms with van der Waals surface area (Å²) in [5, 5.41) is 14.2. The molecule has 1 atom stereocenters. The van der Waals surface area contributed by atoms with Crippen LogP contribution in [0.25, 0.3) is 11.2 Å². The van der Waals surface area contributed by atoms with Crippen molar-refractivity contribution in [2.45, 2.75) is 12.6 Å². The number of aromatic nitrogens is 4. The fourth-order valence-electron chi connectivity index (χ4n) is 3.54. The summed E-state index contributed by atoms with van der Waals surface area (Å²) in [5.74, 6) is 0.370. The number of imidazole rings is 1. The third kappa shape index (κ3) is 4.04. The van der Waals surface area contributed by atoms with Gasteiger partial charge in [0.15, 0.2) is 11.2 Å². The van der Waals surface area contributed by atoms with Crippen LogP contribution in [-0.2, 0) is 20.6 Å². The van der Waals surface area contributed by atoms with Gasteiger partial charge in [-0.15, -0.1) is 0 Å². The average molecular weight is 474 g/mol. The Morgan fingerprint density at radius 2 is 1.75 bits per heavy atom. The van der Waals surface area contributed by atoms with Crippen LogP contribution >= 0.6 is 23.2 Å². The minimum absolute atomic E-state index is 0.0407. The first-order valence-electron chi connectivity index (χ1n) is 9.85. The second-order valence-corrected chi connectivity index (χ2v) is 8.27. The number of hydrogen-bond acceptors (Lipinski definition) is 5. The van der Waals surface area contributed by atoms with E-state index in [9.17, 15) is 14.7 Å². The fourth-order valence-corrected chi connectivity index (χ4v) is 3.86. The standard InChI is InChI=1S/C22H21Cl2N5O3/c1-27-18-19(26-21(27)25-11-17(30)14-6-4-3-5-7-14)28(2)22(32)29(20(18)31)12-13-8-9-15(23)16(24)10-13/h3-10,17,30H,11-12H2,1-2H3,(H,25,26). The molecule has 166 valence electrons. The molecule has 0 saturated carbocycles. The first-order chi connectivity index (χ1) is 15.3. The molecule has 32 heavy (non-hydrogen) atoms. The number of rotatable bonds is 6. The smallest absolute Gasteiger partial charge is 0.332 e. The van der Waals surface area contributed by atoms with Gasteiger partial charge in [-0.3, -0.25) is 13.9 Å². The average Bonchev–Trinajstić information content (AvgIpc) is 3.13. The van der Waals surface area contributed by atoms with Gasteiger partial charge in [0.25, 0.3) is 5.56 Å². The molecule has 0 spiro atoms. The van der Waals surface area contributed by atoms with Crippen molar-refractivity contribution < 1.29 is 5.11 Å². The van der Waals surface area contributed by atoms with E-state index >= 15 is 0 Å². The lowest BCUT2D eigenvalue weighted by molar-refractivity contribution is 0.191. The molecule has 8 nitrogen and oxygen atoms in total. The largest absolute Gasteiger partial charge is 0.387 e. The van der Waals surface area contributed by atoms with Crippen LogP contribution in [0.2, 0.25) is 10.0 Å². The molecule has 4 aromatic rings. The molecule has 1 unspecified atom stereocenters. The molecule has 4 rings (SSSR count). The second kappa shape index (κ2) is 8.82. The van der Waals surface area contributed by atoms with Gasteiger partial charge < -0.3 is 15.0 Å². The van der Waals surface area contributed by atoms with Crippen molar-refractivity contribution in [3.63, 3.8) is 0 Å². The molecule has 10 heteroatoms. The molecular formula is C22H21Cl2N5O3. The monoisotopic (exact) mass is 473 g/mol. The highest BCUT2D eigenvalue weighted by Gasteiger charge is 2.19. The predicted octanol–water partition coefficient (Wildman–Crippen LogP) is 2.93. The number of aliphatic hydroxyl groups is 1. The van der Waals surface area contributed by atoms with Gasteiger partial charge in [0.1, 0.15) is 0 Å². The Balaban J connectivity index is 1.70. The quantitative estimate of drug-likeness (QED) is 0.448. The third-order valence-electron chi connectivity index (χ3n) is 5.32. The summed E-state index contributed by atoms with van der Waals surface area (Å²) < 4.78 is 4.04. The van der Waals surface area contributed by atoms with E-state index in [1.807, 2.05) is 30.3 Å². The number of aliphatic hydroxyl groups excluding tert-OH is 1. The summed E-state index contributed by atoms with van der Waals surface area (Å²) in [7, 11) is 3.24. The van der Waals surface area contributed by atoms with E-state index in [2.05, 4.69) is 10.3 Å². The number of anilines is 1. The highest BCUT2D eigenvalue weighted by Crippen LogP contribution is 2.23. The Morgan fingerprint density at radius 1 is 1.03 bits per heavy atom. The van der Waals surface area contributed by atoms with Crippen LogP contribution in [0.5, 0.6) is 0 Å². The summed E-state index contributed by atoms with van der Waals surface area (Å²) in [5.41, 5.74) is 0.983. The Kier molecular flexibility index (Phi) is 6.10. The molecule has 0 aliphatic carbocycles. The molecular weight excluding hydrogens is 453 g/mol. The van der Waals surface area contributed by atoms with Crippen LogP contribution in [0.4, 0.5) is 5.95 Å². The van der Waals surface area contributed by atoms with Crippen LogP contribution in [0.1, 0.15) is 17.2 Å². The van der Waals surface area contributed by atoms with Gasteiger partial charge in [-0.1, -0.05) is 59.6 Å². The zero-order valence-corrected chi connectivity index (χ0v) is 18.9. The lowest BCUT2D eigenvalue weighted by atomic mass is 10.1. The maximum atomic E-state index is 13.2. The maximum Gasteiger partial charge on any atom is 0.332 e. The first-order valence-corrected chi connectivity index (χ1v) is 10.6. The molecule has 0 aliphatic heterocycles. The van der Waals surface area contributed by atoms with Gasteiger partial charge in [-0.05, 0) is 23.3 Å². The highest BCUT2D eigenvalue weighted by molar-refractivity contribution is 6.42. The molecule has 2 aromatic heterocycles. The van der Waals surface area contributed by atoms with Crippen LogP contribution in [0.3, 0.4) is 0 Å². The Labute approximate surface area is 193 Å². The number of halogens is 2. The van der Waals surface area contributed by atoms with Crippen LogP contribution in [-0.4, -0.2) is 30.3 Å². The predicted molar refractivity (Wildman–Crippen MR) is 126 cm³/mol. The van der Waals surface area contributed by atoms with Crippen molar-refractivity contribution in [3.05, 3.63) is 90.5 Å². The van der Waals surface area contributed by atoms with E-state index in [1.165, 1.54) is 4.57 Å². The molecule has 0 bridgehead atoms. The number of aryl methyl sites for hydroxylation is 2. The van der Waals surface area contributed by atoms with Gasteiger partial charge in [0.2, 0.25) is 5.95 Å². The van der Waals surface area contributed by atoms with E-state index in [1.54, 1.807) is 36.9 Å². The van der Waals surface area contributed by atoms with E-state index in [0.717, 1.165) is 10.1 Å². The number of nitrogens with zero attached hydrogens (tertiary/aromatic N) is 4. The lowest BCUT2D eigenvalue weighted by Crippen LogP contribution is -2.39. The van der Waals surface area contributed by atoms with Gasteiger partial charge in [0.05, 0.1) is 22.7 Å². The number of benzene rings is 2. The van der Waals surface area contributed by atoms with Crippen molar-refractivity contribution in [2.75, 3.05) is 11.9 Å². The minimum Gasteiger partial charge on any atom is -0.387 e. The molecule has 0 aliphatic rings. The highest BCUT2D eigenvalue weighted by atomic mass is 35.5. The van der Waals surface area contributed by atoms with Crippen molar-refractivity contribution in [2.24, 2.45) is 14.1 Å². The van der Waals surface area contributed by atoms with Gasteiger partial charge >= 0.3 is 5.69 Å². The van der Waals surface area contributed by atoms with Crippen molar-refractivity contribution in [3.8, 4) is 0 Å². The van der Waals surface area contributed by atoms with Crippen LogP contribution < -0.4 is 16.6 Å². The molecule has 0 fully saturated rings. The number of fused-ring (bicyclic) bond motifs is 1. The third-order valence-corrected chi connectivity index (χ3v) is 6.06. The normalized spacial score (nSPS) is 12.3. The van der Waals surface area contributed by atoms with Gasteiger partial charge in [-0.2, -0.15) is 4.98 Å². The van der Waals surface area contributed by atoms with Gasteiger partial charge in [0, 0.05) is 20.6 Å². The molecule has 0 amide bonds. The first kappa shape index (κ1) is 22.1. The zero-order chi connectivity index (χ0) is 23.0. The zero-order valence-electron chi connectivity index (χ0n) is 17.4.